The van der Waals surface area contributed by atoms with E-state index in [4.69, 9.17) is 9.47 Å². The Kier molecular flexibility index (Phi) is 5.08. The third-order valence-corrected chi connectivity index (χ3v) is 2.50. The molecule has 0 saturated carbocycles. The number of anilines is 3. The minimum Gasteiger partial charge on any atom is -0.497 e. The highest BCUT2D eigenvalue weighted by Gasteiger charge is 2.02. The zero-order chi connectivity index (χ0) is 14.2. The van der Waals surface area contributed by atoms with Crippen molar-refractivity contribution < 1.29 is 9.47 Å². The minimum absolute atomic E-state index is 0.417. The van der Waals surface area contributed by atoms with Crippen molar-refractivity contribution in [3.8, 4) is 5.75 Å². The molecule has 0 aliphatic heterocycles. The molecule has 0 saturated heterocycles. The van der Waals surface area contributed by atoms with Crippen LogP contribution < -0.4 is 15.4 Å². The van der Waals surface area contributed by atoms with Crippen molar-refractivity contribution in [2.24, 2.45) is 0 Å². The summed E-state index contributed by atoms with van der Waals surface area (Å²) in [7, 11) is 3.27. The topological polar surface area (TPSA) is 81.2 Å². The van der Waals surface area contributed by atoms with Crippen LogP contribution in [-0.4, -0.2) is 42.6 Å². The molecule has 0 radical (unpaired) electrons. The van der Waals surface area contributed by atoms with Crippen LogP contribution in [0.1, 0.15) is 0 Å². The summed E-state index contributed by atoms with van der Waals surface area (Å²) in [5.74, 6) is 1.82. The van der Waals surface area contributed by atoms with E-state index in [0.29, 0.717) is 24.9 Å². The first-order valence-corrected chi connectivity index (χ1v) is 6.15. The Balaban J connectivity index is 2.03. The summed E-state index contributed by atoms with van der Waals surface area (Å²) in [4.78, 5) is 4.30. The molecule has 106 valence electrons. The van der Waals surface area contributed by atoms with Crippen molar-refractivity contribution in [2.75, 3.05) is 38.0 Å². The fraction of sp³-hybridized carbons (Fsp3) is 0.308. The first-order chi connectivity index (χ1) is 9.81. The van der Waals surface area contributed by atoms with E-state index in [2.05, 4.69) is 25.8 Å². The lowest BCUT2D eigenvalue weighted by atomic mass is 10.3. The van der Waals surface area contributed by atoms with Gasteiger partial charge < -0.3 is 20.1 Å². The van der Waals surface area contributed by atoms with E-state index >= 15 is 0 Å². The number of aromatic nitrogens is 3. The third-order valence-electron chi connectivity index (χ3n) is 2.50. The van der Waals surface area contributed by atoms with E-state index in [-0.39, 0.29) is 0 Å². The summed E-state index contributed by atoms with van der Waals surface area (Å²) in [6.07, 6.45) is 1.56. The van der Waals surface area contributed by atoms with Gasteiger partial charge in [-0.05, 0) is 12.1 Å². The quantitative estimate of drug-likeness (QED) is 0.744. The summed E-state index contributed by atoms with van der Waals surface area (Å²) in [5.41, 5.74) is 0.834. The van der Waals surface area contributed by atoms with Gasteiger partial charge in [-0.15, -0.1) is 5.10 Å². The number of rotatable bonds is 7. The van der Waals surface area contributed by atoms with Gasteiger partial charge in [0, 0.05) is 25.4 Å². The largest absolute Gasteiger partial charge is 0.497 e. The van der Waals surface area contributed by atoms with Gasteiger partial charge in [-0.3, -0.25) is 0 Å². The molecule has 7 nitrogen and oxygen atoms in total. The average molecular weight is 275 g/mol. The average Bonchev–Trinajstić information content (AvgIpc) is 2.48. The summed E-state index contributed by atoms with van der Waals surface area (Å²) in [6.45, 7) is 1.26. The van der Waals surface area contributed by atoms with Gasteiger partial charge in [0.1, 0.15) is 5.75 Å². The summed E-state index contributed by atoms with van der Waals surface area (Å²) in [6, 6.07) is 7.51. The molecule has 2 rings (SSSR count). The lowest BCUT2D eigenvalue weighted by molar-refractivity contribution is 0.210. The van der Waals surface area contributed by atoms with Crippen molar-refractivity contribution in [2.45, 2.75) is 0 Å². The standard InChI is InChI=1S/C13H17N5O2/c1-19-7-6-14-12-9-15-18-13(17-12)16-10-4-3-5-11(8-10)20-2/h3-5,8-9H,6-7H2,1-2H3,(H2,14,16,17,18). The van der Waals surface area contributed by atoms with E-state index in [9.17, 15) is 0 Å². The highest BCUT2D eigenvalue weighted by molar-refractivity contribution is 5.56. The van der Waals surface area contributed by atoms with E-state index in [0.717, 1.165) is 11.4 Å². The van der Waals surface area contributed by atoms with E-state index in [1.807, 2.05) is 24.3 Å². The van der Waals surface area contributed by atoms with Crippen LogP contribution in [0.4, 0.5) is 17.5 Å². The maximum atomic E-state index is 5.16. The molecule has 0 fully saturated rings. The van der Waals surface area contributed by atoms with Crippen LogP contribution in [0.5, 0.6) is 5.75 Å². The van der Waals surface area contributed by atoms with Crippen LogP contribution in [0.2, 0.25) is 0 Å². The Morgan fingerprint density at radius 2 is 2.15 bits per heavy atom. The fourth-order valence-electron chi connectivity index (χ4n) is 1.55. The lowest BCUT2D eigenvalue weighted by Crippen LogP contribution is -2.10. The predicted molar refractivity (Wildman–Crippen MR) is 76.5 cm³/mol. The molecular weight excluding hydrogens is 258 g/mol. The van der Waals surface area contributed by atoms with Gasteiger partial charge in [0.05, 0.1) is 19.9 Å². The van der Waals surface area contributed by atoms with Gasteiger partial charge in [0.2, 0.25) is 5.95 Å². The normalized spacial score (nSPS) is 10.1. The number of hydrogen-bond donors (Lipinski definition) is 2. The lowest BCUT2D eigenvalue weighted by Gasteiger charge is -2.08. The molecule has 7 heteroatoms. The second-order valence-electron chi connectivity index (χ2n) is 3.94. The molecule has 1 heterocycles. The number of nitrogens with zero attached hydrogens (tertiary/aromatic N) is 3. The molecule has 2 N–H and O–H groups in total. The van der Waals surface area contributed by atoms with Crippen molar-refractivity contribution in [1.29, 1.82) is 0 Å². The number of hydrogen-bond acceptors (Lipinski definition) is 7. The van der Waals surface area contributed by atoms with Crippen LogP contribution in [0.3, 0.4) is 0 Å². The summed E-state index contributed by atoms with van der Waals surface area (Å²) < 4.78 is 10.1. The highest BCUT2D eigenvalue weighted by Crippen LogP contribution is 2.19. The molecule has 20 heavy (non-hydrogen) atoms. The molecule has 0 aliphatic rings. The molecule has 0 amide bonds. The van der Waals surface area contributed by atoms with E-state index in [1.165, 1.54) is 0 Å². The SMILES string of the molecule is COCCNc1cnnc(Nc2cccc(OC)c2)n1. The molecule has 0 aliphatic carbocycles. The van der Waals surface area contributed by atoms with Gasteiger partial charge in [0.25, 0.3) is 0 Å². The number of ether oxygens (including phenoxy) is 2. The van der Waals surface area contributed by atoms with Crippen LogP contribution in [-0.2, 0) is 4.74 Å². The molecule has 1 aromatic carbocycles. The third kappa shape index (κ3) is 4.06. The van der Waals surface area contributed by atoms with Gasteiger partial charge in [0.15, 0.2) is 5.82 Å². The van der Waals surface area contributed by atoms with Crippen LogP contribution >= 0.6 is 0 Å². The molecule has 0 bridgehead atoms. The highest BCUT2D eigenvalue weighted by atomic mass is 16.5. The Morgan fingerprint density at radius 3 is 2.95 bits per heavy atom. The maximum Gasteiger partial charge on any atom is 0.249 e. The maximum absolute atomic E-state index is 5.16. The Bertz CT molecular complexity index is 550. The second kappa shape index (κ2) is 7.25. The van der Waals surface area contributed by atoms with Crippen LogP contribution in [0.15, 0.2) is 30.5 Å². The molecule has 0 spiro atoms. The van der Waals surface area contributed by atoms with Crippen molar-refractivity contribution in [3.63, 3.8) is 0 Å². The molecule has 2 aromatic rings. The van der Waals surface area contributed by atoms with Crippen molar-refractivity contribution in [1.82, 2.24) is 15.2 Å². The smallest absolute Gasteiger partial charge is 0.249 e. The van der Waals surface area contributed by atoms with Gasteiger partial charge in [-0.1, -0.05) is 6.07 Å². The van der Waals surface area contributed by atoms with E-state index < -0.39 is 0 Å². The molecule has 0 atom stereocenters. The van der Waals surface area contributed by atoms with Gasteiger partial charge >= 0.3 is 0 Å². The number of nitrogens with one attached hydrogen (secondary N) is 2. The minimum atomic E-state index is 0.417. The van der Waals surface area contributed by atoms with Crippen LogP contribution in [0, 0.1) is 0 Å². The van der Waals surface area contributed by atoms with Crippen molar-refractivity contribution >= 4 is 17.5 Å². The Labute approximate surface area is 117 Å². The Hall–Kier alpha value is -2.41. The first kappa shape index (κ1) is 14.0. The number of benzene rings is 1. The summed E-state index contributed by atoms with van der Waals surface area (Å²) in [5, 5.41) is 14.0. The summed E-state index contributed by atoms with van der Waals surface area (Å²) >= 11 is 0. The molecule has 0 unspecified atom stereocenters. The van der Waals surface area contributed by atoms with Gasteiger partial charge in [-0.25, -0.2) is 0 Å². The Morgan fingerprint density at radius 1 is 1.25 bits per heavy atom. The fourth-order valence-corrected chi connectivity index (χ4v) is 1.55. The zero-order valence-electron chi connectivity index (χ0n) is 11.5. The first-order valence-electron chi connectivity index (χ1n) is 6.15. The molecular formula is C13H17N5O2. The van der Waals surface area contributed by atoms with Crippen LogP contribution in [0.25, 0.3) is 0 Å². The molecule has 1 aromatic heterocycles. The zero-order valence-corrected chi connectivity index (χ0v) is 11.5. The van der Waals surface area contributed by atoms with Gasteiger partial charge in [-0.2, -0.15) is 10.1 Å². The number of methoxy groups -OCH3 is 2. The second-order valence-corrected chi connectivity index (χ2v) is 3.94. The monoisotopic (exact) mass is 275 g/mol. The predicted octanol–water partition coefficient (Wildman–Crippen LogP) is 1.68. The van der Waals surface area contributed by atoms with E-state index in [1.54, 1.807) is 20.4 Å². The van der Waals surface area contributed by atoms with Crippen molar-refractivity contribution in [3.05, 3.63) is 30.5 Å².